The number of benzene rings is 1. The van der Waals surface area contributed by atoms with Gasteiger partial charge in [-0.15, -0.1) is 0 Å². The summed E-state index contributed by atoms with van der Waals surface area (Å²) in [4.78, 5) is 6.42. The monoisotopic (exact) mass is 337 g/mol. The number of rotatable bonds is 11. The molecule has 1 aromatic rings. The van der Waals surface area contributed by atoms with E-state index in [0.29, 0.717) is 19.8 Å². The molecular formula is C18H31N3O3. The molecule has 0 saturated carbocycles. The van der Waals surface area contributed by atoms with Crippen molar-refractivity contribution in [2.45, 2.75) is 19.9 Å². The fraction of sp³-hybridized carbons (Fsp3) is 0.611. The van der Waals surface area contributed by atoms with Crippen LogP contribution in [0, 0.1) is 0 Å². The second-order valence-corrected chi connectivity index (χ2v) is 5.37. The first-order valence-corrected chi connectivity index (χ1v) is 8.41. The van der Waals surface area contributed by atoms with Crippen molar-refractivity contribution >= 4 is 5.96 Å². The maximum atomic E-state index is 5.47. The maximum absolute atomic E-state index is 5.47. The Balaban J connectivity index is 2.31. The summed E-state index contributed by atoms with van der Waals surface area (Å²) in [5.74, 6) is 1.78. The van der Waals surface area contributed by atoms with Gasteiger partial charge in [-0.1, -0.05) is 12.1 Å². The highest BCUT2D eigenvalue weighted by Crippen LogP contribution is 2.13. The molecule has 0 aliphatic carbocycles. The predicted octanol–water partition coefficient (Wildman–Crippen LogP) is 2.15. The van der Waals surface area contributed by atoms with Gasteiger partial charge in [0, 0.05) is 40.9 Å². The zero-order chi connectivity index (χ0) is 17.6. The quantitative estimate of drug-likeness (QED) is 0.381. The molecule has 6 nitrogen and oxygen atoms in total. The van der Waals surface area contributed by atoms with E-state index in [1.54, 1.807) is 14.2 Å². The van der Waals surface area contributed by atoms with E-state index in [1.807, 2.05) is 26.1 Å². The molecule has 1 rings (SSSR count). The zero-order valence-corrected chi connectivity index (χ0v) is 15.4. The average Bonchev–Trinajstić information content (AvgIpc) is 2.59. The lowest BCUT2D eigenvalue weighted by Crippen LogP contribution is -2.39. The van der Waals surface area contributed by atoms with Crippen molar-refractivity contribution in [1.29, 1.82) is 0 Å². The number of hydrogen-bond acceptors (Lipinski definition) is 4. The van der Waals surface area contributed by atoms with Gasteiger partial charge >= 0.3 is 0 Å². The molecule has 0 aromatic heterocycles. The van der Waals surface area contributed by atoms with Crippen LogP contribution in [0.4, 0.5) is 0 Å². The molecule has 0 heterocycles. The van der Waals surface area contributed by atoms with Crippen LogP contribution >= 0.6 is 0 Å². The standard InChI is InChI=1S/C18H31N3O3/c1-5-24-17-9-7-16(8-10-17)15-21(3)18(19-2)20-11-6-12-23-14-13-22-4/h7-10H,5-6,11-15H2,1-4H3,(H,19,20). The third-order valence-corrected chi connectivity index (χ3v) is 3.41. The summed E-state index contributed by atoms with van der Waals surface area (Å²) in [6.07, 6.45) is 0.930. The molecule has 0 spiro atoms. The van der Waals surface area contributed by atoms with Crippen LogP contribution in [0.5, 0.6) is 5.75 Å². The first kappa shape index (κ1) is 20.3. The summed E-state index contributed by atoms with van der Waals surface area (Å²) in [6.45, 7) is 6.29. The van der Waals surface area contributed by atoms with Crippen LogP contribution < -0.4 is 10.1 Å². The number of nitrogens with zero attached hydrogens (tertiary/aromatic N) is 2. The Morgan fingerprint density at radius 3 is 2.54 bits per heavy atom. The molecule has 1 N–H and O–H groups in total. The SMILES string of the molecule is CCOc1ccc(CN(C)C(=NC)NCCCOCCOC)cc1. The van der Waals surface area contributed by atoms with E-state index < -0.39 is 0 Å². The van der Waals surface area contributed by atoms with Crippen molar-refractivity contribution in [2.75, 3.05) is 54.2 Å². The minimum absolute atomic E-state index is 0.639. The topological polar surface area (TPSA) is 55.3 Å². The molecule has 136 valence electrons. The van der Waals surface area contributed by atoms with Crippen LogP contribution in [0.1, 0.15) is 18.9 Å². The van der Waals surface area contributed by atoms with Gasteiger partial charge in [0.1, 0.15) is 5.75 Å². The Morgan fingerprint density at radius 2 is 1.92 bits per heavy atom. The number of methoxy groups -OCH3 is 1. The second-order valence-electron chi connectivity index (χ2n) is 5.37. The molecule has 1 aromatic carbocycles. The van der Waals surface area contributed by atoms with E-state index >= 15 is 0 Å². The summed E-state index contributed by atoms with van der Waals surface area (Å²) in [5.41, 5.74) is 1.21. The van der Waals surface area contributed by atoms with Crippen LogP contribution in [0.2, 0.25) is 0 Å². The number of aliphatic imine (C=N–C) groups is 1. The Labute approximate surface area is 145 Å². The van der Waals surface area contributed by atoms with E-state index in [9.17, 15) is 0 Å². The first-order chi connectivity index (χ1) is 11.7. The molecule has 6 heteroatoms. The van der Waals surface area contributed by atoms with Crippen molar-refractivity contribution in [3.63, 3.8) is 0 Å². The van der Waals surface area contributed by atoms with E-state index in [2.05, 4.69) is 27.3 Å². The minimum Gasteiger partial charge on any atom is -0.494 e. The van der Waals surface area contributed by atoms with Crippen molar-refractivity contribution in [1.82, 2.24) is 10.2 Å². The number of nitrogens with one attached hydrogen (secondary N) is 1. The molecule has 0 bridgehead atoms. The summed E-state index contributed by atoms with van der Waals surface area (Å²) in [6, 6.07) is 8.16. The van der Waals surface area contributed by atoms with Crippen LogP contribution in [-0.4, -0.2) is 65.0 Å². The third-order valence-electron chi connectivity index (χ3n) is 3.41. The van der Waals surface area contributed by atoms with Gasteiger partial charge in [0.05, 0.1) is 19.8 Å². The molecule has 0 unspecified atom stereocenters. The van der Waals surface area contributed by atoms with Gasteiger partial charge in [0.15, 0.2) is 5.96 Å². The van der Waals surface area contributed by atoms with Crippen LogP contribution in [0.15, 0.2) is 29.3 Å². The second kappa shape index (κ2) is 12.6. The van der Waals surface area contributed by atoms with E-state index in [0.717, 1.165) is 37.8 Å². The van der Waals surface area contributed by atoms with Gasteiger partial charge in [-0.05, 0) is 31.0 Å². The van der Waals surface area contributed by atoms with E-state index in [4.69, 9.17) is 14.2 Å². The Hall–Kier alpha value is -1.79. The van der Waals surface area contributed by atoms with Crippen LogP contribution in [0.25, 0.3) is 0 Å². The number of guanidine groups is 1. The maximum Gasteiger partial charge on any atom is 0.193 e. The Bertz CT molecular complexity index is 463. The van der Waals surface area contributed by atoms with Gasteiger partial charge in [0.2, 0.25) is 0 Å². The lowest BCUT2D eigenvalue weighted by Gasteiger charge is -2.22. The summed E-state index contributed by atoms with van der Waals surface area (Å²) in [7, 11) is 5.50. The summed E-state index contributed by atoms with van der Waals surface area (Å²) < 4.78 is 15.9. The van der Waals surface area contributed by atoms with Gasteiger partial charge in [0.25, 0.3) is 0 Å². The van der Waals surface area contributed by atoms with Gasteiger partial charge < -0.3 is 24.4 Å². The van der Waals surface area contributed by atoms with Gasteiger partial charge in [-0.25, -0.2) is 0 Å². The Morgan fingerprint density at radius 1 is 1.17 bits per heavy atom. The van der Waals surface area contributed by atoms with Crippen molar-refractivity contribution in [2.24, 2.45) is 4.99 Å². The zero-order valence-electron chi connectivity index (χ0n) is 15.4. The van der Waals surface area contributed by atoms with Crippen molar-refractivity contribution in [3.05, 3.63) is 29.8 Å². The minimum atomic E-state index is 0.639. The van der Waals surface area contributed by atoms with E-state index in [-0.39, 0.29) is 0 Å². The van der Waals surface area contributed by atoms with Crippen LogP contribution in [0.3, 0.4) is 0 Å². The van der Waals surface area contributed by atoms with Crippen LogP contribution in [-0.2, 0) is 16.0 Å². The van der Waals surface area contributed by atoms with Crippen molar-refractivity contribution < 1.29 is 14.2 Å². The fourth-order valence-electron chi connectivity index (χ4n) is 2.21. The summed E-state index contributed by atoms with van der Waals surface area (Å²) >= 11 is 0. The molecule has 24 heavy (non-hydrogen) atoms. The predicted molar refractivity (Wildman–Crippen MR) is 97.8 cm³/mol. The van der Waals surface area contributed by atoms with Crippen molar-refractivity contribution in [3.8, 4) is 5.75 Å². The number of ether oxygens (including phenoxy) is 3. The first-order valence-electron chi connectivity index (χ1n) is 8.41. The Kier molecular flexibility index (Phi) is 10.6. The molecule has 0 fully saturated rings. The average molecular weight is 337 g/mol. The highest BCUT2D eigenvalue weighted by molar-refractivity contribution is 5.79. The lowest BCUT2D eigenvalue weighted by atomic mass is 10.2. The third kappa shape index (κ3) is 8.17. The molecule has 0 amide bonds. The molecule has 0 saturated heterocycles. The molecule has 0 radical (unpaired) electrons. The van der Waals surface area contributed by atoms with E-state index in [1.165, 1.54) is 5.56 Å². The lowest BCUT2D eigenvalue weighted by molar-refractivity contribution is 0.0698. The summed E-state index contributed by atoms with van der Waals surface area (Å²) in [5, 5.41) is 3.35. The highest BCUT2D eigenvalue weighted by atomic mass is 16.5. The molecular weight excluding hydrogens is 306 g/mol. The smallest absolute Gasteiger partial charge is 0.193 e. The van der Waals surface area contributed by atoms with Gasteiger partial charge in [-0.2, -0.15) is 0 Å². The normalized spacial score (nSPS) is 11.4. The highest BCUT2D eigenvalue weighted by Gasteiger charge is 2.06. The van der Waals surface area contributed by atoms with Gasteiger partial charge in [-0.3, -0.25) is 4.99 Å². The molecule has 0 aliphatic heterocycles. The molecule has 0 aliphatic rings. The largest absolute Gasteiger partial charge is 0.494 e. The fourth-order valence-corrected chi connectivity index (χ4v) is 2.21. The molecule has 0 atom stereocenters. The number of hydrogen-bond donors (Lipinski definition) is 1.